The summed E-state index contributed by atoms with van der Waals surface area (Å²) in [6, 6.07) is 82.0. The quantitative estimate of drug-likeness (QED) is 0.161. The molecule has 0 bridgehead atoms. The molecule has 0 N–H and O–H groups in total. The van der Waals surface area contributed by atoms with E-state index in [1.54, 1.807) is 0 Å². The van der Waals surface area contributed by atoms with Crippen molar-refractivity contribution in [1.29, 1.82) is 0 Å². The number of hydrogen-bond donors (Lipinski definition) is 0. The first kappa shape index (κ1) is 35.6. The number of fused-ring (bicyclic) bond motifs is 7. The maximum absolute atomic E-state index is 5.28. The lowest BCUT2D eigenvalue weighted by Crippen LogP contribution is -1.97. The lowest BCUT2D eigenvalue weighted by molar-refractivity contribution is 1.17. The standard InChI is InChI=1S/C58H38N4/c1-4-16-39(17-5-1)42-20-14-22-44(36-42)51-38-50(59-58(60-51)45-23-15-21-43(37-45)40-18-6-2-7-19-40)41-30-32-47(33-31-41)62-53-29-13-11-27-49(53)57-55(62)35-34-54-56(57)48-26-10-12-28-52(48)61(54)46-24-8-3-9-25-46/h1-38H. The molecule has 12 aromatic rings. The van der Waals surface area contributed by atoms with Crippen LogP contribution in [0, 0.1) is 0 Å². The van der Waals surface area contributed by atoms with Crippen LogP contribution in [-0.2, 0) is 0 Å². The van der Waals surface area contributed by atoms with Gasteiger partial charge in [0.1, 0.15) is 0 Å². The van der Waals surface area contributed by atoms with Gasteiger partial charge in [-0.3, -0.25) is 0 Å². The Morgan fingerprint density at radius 3 is 1.24 bits per heavy atom. The fraction of sp³-hybridized carbons (Fsp3) is 0. The van der Waals surface area contributed by atoms with Crippen LogP contribution in [0.1, 0.15) is 0 Å². The van der Waals surface area contributed by atoms with E-state index in [1.165, 1.54) is 49.2 Å². The summed E-state index contributed by atoms with van der Waals surface area (Å²) in [6.07, 6.45) is 0. The molecule has 9 aromatic carbocycles. The van der Waals surface area contributed by atoms with Gasteiger partial charge >= 0.3 is 0 Å². The summed E-state index contributed by atoms with van der Waals surface area (Å²) in [7, 11) is 0. The van der Waals surface area contributed by atoms with E-state index in [0.29, 0.717) is 5.82 Å². The van der Waals surface area contributed by atoms with E-state index in [9.17, 15) is 0 Å². The molecule has 0 atom stereocenters. The topological polar surface area (TPSA) is 35.6 Å². The van der Waals surface area contributed by atoms with E-state index in [1.807, 2.05) is 6.07 Å². The number of aromatic nitrogens is 4. The predicted octanol–water partition coefficient (Wildman–Crippen LogP) is 15.0. The molecule has 0 radical (unpaired) electrons. The molecule has 4 nitrogen and oxygen atoms in total. The molecule has 0 unspecified atom stereocenters. The first-order valence-corrected chi connectivity index (χ1v) is 21.1. The summed E-state index contributed by atoms with van der Waals surface area (Å²) in [6.45, 7) is 0. The van der Waals surface area contributed by atoms with Gasteiger partial charge in [-0.05, 0) is 89.0 Å². The number of hydrogen-bond acceptors (Lipinski definition) is 2. The van der Waals surface area contributed by atoms with Crippen molar-refractivity contribution in [3.63, 3.8) is 0 Å². The number of para-hydroxylation sites is 3. The van der Waals surface area contributed by atoms with Crippen molar-refractivity contribution < 1.29 is 0 Å². The SMILES string of the molecule is c1ccc(-c2cccc(-c3cc(-c4ccc(-n5c6ccccc6c6c7c8ccccc8n(-c8ccccc8)c7ccc65)cc4)nc(-c4cccc(-c5ccccc5)c4)n3)c2)cc1. The molecule has 0 saturated heterocycles. The van der Waals surface area contributed by atoms with Gasteiger partial charge in [0.15, 0.2) is 5.82 Å². The van der Waals surface area contributed by atoms with Gasteiger partial charge in [-0.15, -0.1) is 0 Å². The summed E-state index contributed by atoms with van der Waals surface area (Å²) in [5.74, 6) is 0.686. The monoisotopic (exact) mass is 790 g/mol. The molecule has 0 spiro atoms. The van der Waals surface area contributed by atoms with Gasteiger partial charge in [0.2, 0.25) is 0 Å². The van der Waals surface area contributed by atoms with Crippen molar-refractivity contribution in [1.82, 2.24) is 19.1 Å². The van der Waals surface area contributed by atoms with Crippen molar-refractivity contribution in [3.05, 3.63) is 231 Å². The fourth-order valence-corrected chi connectivity index (χ4v) is 9.26. The lowest BCUT2D eigenvalue weighted by Gasteiger charge is -2.13. The van der Waals surface area contributed by atoms with Crippen molar-refractivity contribution in [2.45, 2.75) is 0 Å². The second-order valence-corrected chi connectivity index (χ2v) is 15.8. The van der Waals surface area contributed by atoms with Crippen LogP contribution in [0.5, 0.6) is 0 Å². The Balaban J connectivity index is 1.01. The van der Waals surface area contributed by atoms with Crippen molar-refractivity contribution >= 4 is 43.6 Å². The molecule has 3 heterocycles. The average molecular weight is 791 g/mol. The van der Waals surface area contributed by atoms with Crippen LogP contribution in [-0.4, -0.2) is 19.1 Å². The minimum atomic E-state index is 0.686. The van der Waals surface area contributed by atoms with Crippen molar-refractivity contribution in [2.24, 2.45) is 0 Å². The van der Waals surface area contributed by atoms with Crippen LogP contribution in [0.4, 0.5) is 0 Å². The van der Waals surface area contributed by atoms with Crippen LogP contribution in [0.25, 0.3) is 111 Å². The number of benzene rings is 9. The molecule has 0 amide bonds. The van der Waals surface area contributed by atoms with Crippen LogP contribution in [0.3, 0.4) is 0 Å². The third kappa shape index (κ3) is 6.00. The second-order valence-electron chi connectivity index (χ2n) is 15.8. The zero-order valence-electron chi connectivity index (χ0n) is 33.7. The molecule has 290 valence electrons. The van der Waals surface area contributed by atoms with E-state index < -0.39 is 0 Å². The lowest BCUT2D eigenvalue weighted by atomic mass is 10.00. The Morgan fingerprint density at radius 1 is 0.258 bits per heavy atom. The third-order valence-electron chi connectivity index (χ3n) is 12.1. The summed E-state index contributed by atoms with van der Waals surface area (Å²) in [5.41, 5.74) is 16.3. The van der Waals surface area contributed by atoms with Gasteiger partial charge in [-0.2, -0.15) is 0 Å². The molecule has 0 fully saturated rings. The van der Waals surface area contributed by atoms with Crippen LogP contribution in [0.2, 0.25) is 0 Å². The number of nitrogens with zero attached hydrogens (tertiary/aromatic N) is 4. The molecule has 3 aromatic heterocycles. The smallest absolute Gasteiger partial charge is 0.160 e. The Labute approximate surface area is 359 Å². The van der Waals surface area contributed by atoms with Gasteiger partial charge in [0, 0.05) is 49.6 Å². The molecular weight excluding hydrogens is 753 g/mol. The highest BCUT2D eigenvalue weighted by Gasteiger charge is 2.21. The zero-order valence-corrected chi connectivity index (χ0v) is 33.7. The van der Waals surface area contributed by atoms with Crippen molar-refractivity contribution in [3.8, 4) is 67.5 Å². The van der Waals surface area contributed by atoms with Gasteiger partial charge in [-0.1, -0.05) is 164 Å². The van der Waals surface area contributed by atoms with Crippen LogP contribution >= 0.6 is 0 Å². The summed E-state index contributed by atoms with van der Waals surface area (Å²) in [5, 5.41) is 5.00. The van der Waals surface area contributed by atoms with Gasteiger partial charge < -0.3 is 9.13 Å². The Kier molecular flexibility index (Phi) is 8.46. The highest BCUT2D eigenvalue weighted by atomic mass is 15.0. The molecule has 0 aliphatic carbocycles. The normalized spacial score (nSPS) is 11.5. The second kappa shape index (κ2) is 14.7. The van der Waals surface area contributed by atoms with E-state index in [2.05, 4.69) is 234 Å². The third-order valence-corrected chi connectivity index (χ3v) is 12.1. The molecule has 0 aliphatic rings. The Bertz CT molecular complexity index is 3500. The Hall–Kier alpha value is -8.34. The fourth-order valence-electron chi connectivity index (χ4n) is 9.26. The summed E-state index contributed by atoms with van der Waals surface area (Å²) in [4.78, 5) is 10.5. The highest BCUT2D eigenvalue weighted by Crippen LogP contribution is 2.42. The van der Waals surface area contributed by atoms with Crippen molar-refractivity contribution in [2.75, 3.05) is 0 Å². The van der Waals surface area contributed by atoms with Crippen LogP contribution < -0.4 is 0 Å². The van der Waals surface area contributed by atoms with Gasteiger partial charge in [-0.25, -0.2) is 9.97 Å². The zero-order chi connectivity index (χ0) is 41.0. The first-order chi connectivity index (χ1) is 30.7. The minimum absolute atomic E-state index is 0.686. The molecule has 0 saturated carbocycles. The Morgan fingerprint density at radius 2 is 0.677 bits per heavy atom. The maximum atomic E-state index is 5.28. The molecule has 62 heavy (non-hydrogen) atoms. The highest BCUT2D eigenvalue weighted by molar-refractivity contribution is 6.28. The summed E-state index contributed by atoms with van der Waals surface area (Å²) >= 11 is 0. The predicted molar refractivity (Wildman–Crippen MR) is 258 cm³/mol. The molecule has 0 aliphatic heterocycles. The van der Waals surface area contributed by atoms with Gasteiger partial charge in [0.05, 0.1) is 33.5 Å². The largest absolute Gasteiger partial charge is 0.309 e. The molecular formula is C58H38N4. The van der Waals surface area contributed by atoms with Gasteiger partial charge in [0.25, 0.3) is 0 Å². The summed E-state index contributed by atoms with van der Waals surface area (Å²) < 4.78 is 4.80. The van der Waals surface area contributed by atoms with Crippen LogP contribution in [0.15, 0.2) is 231 Å². The first-order valence-electron chi connectivity index (χ1n) is 21.1. The maximum Gasteiger partial charge on any atom is 0.160 e. The minimum Gasteiger partial charge on any atom is -0.309 e. The molecule has 4 heteroatoms. The van der Waals surface area contributed by atoms with E-state index in [-0.39, 0.29) is 0 Å². The number of rotatable bonds is 7. The van der Waals surface area contributed by atoms with E-state index >= 15 is 0 Å². The molecule has 12 rings (SSSR count). The van der Waals surface area contributed by atoms with E-state index in [0.717, 1.165) is 56.1 Å². The van der Waals surface area contributed by atoms with E-state index in [4.69, 9.17) is 9.97 Å². The average Bonchev–Trinajstić information content (AvgIpc) is 3.88.